The van der Waals surface area contributed by atoms with Crippen molar-refractivity contribution in [1.29, 1.82) is 0 Å². The first-order valence-corrected chi connectivity index (χ1v) is 4.33. The van der Waals surface area contributed by atoms with Crippen molar-refractivity contribution < 1.29 is 9.90 Å². The van der Waals surface area contributed by atoms with E-state index in [1.807, 2.05) is 6.92 Å². The summed E-state index contributed by atoms with van der Waals surface area (Å²) in [4.78, 5) is 10.1. The Hall–Kier alpha value is -0.370. The molecule has 0 bridgehead atoms. The molecule has 0 heterocycles. The van der Waals surface area contributed by atoms with Crippen molar-refractivity contribution in [3.05, 3.63) is 0 Å². The van der Waals surface area contributed by atoms with E-state index in [9.17, 15) is 9.90 Å². The van der Waals surface area contributed by atoms with E-state index in [0.717, 1.165) is 19.1 Å². The van der Waals surface area contributed by atoms with Crippen LogP contribution in [0.1, 0.15) is 39.0 Å². The fourth-order valence-electron chi connectivity index (χ4n) is 1.59. The van der Waals surface area contributed by atoms with E-state index in [-0.39, 0.29) is 0 Å². The van der Waals surface area contributed by atoms with Gasteiger partial charge in [0.1, 0.15) is 6.29 Å². The van der Waals surface area contributed by atoms with E-state index in [0.29, 0.717) is 18.8 Å². The summed E-state index contributed by atoms with van der Waals surface area (Å²) in [5.41, 5.74) is -0.584. The molecule has 1 fully saturated rings. The van der Waals surface area contributed by atoms with Gasteiger partial charge in [0.25, 0.3) is 0 Å². The first kappa shape index (κ1) is 8.72. The maximum Gasteiger partial charge on any atom is 0.120 e. The molecule has 1 unspecified atom stereocenters. The lowest BCUT2D eigenvalue weighted by molar-refractivity contribution is -0.110. The van der Waals surface area contributed by atoms with Crippen LogP contribution >= 0.6 is 0 Å². The minimum Gasteiger partial charge on any atom is -0.390 e. The van der Waals surface area contributed by atoms with Gasteiger partial charge in [-0.2, -0.15) is 0 Å². The van der Waals surface area contributed by atoms with Crippen LogP contribution in [0.25, 0.3) is 0 Å². The molecule has 0 aromatic rings. The maximum atomic E-state index is 10.1. The third-order valence-electron chi connectivity index (χ3n) is 2.75. The van der Waals surface area contributed by atoms with Crippen molar-refractivity contribution >= 4 is 6.29 Å². The molecule has 64 valence electrons. The highest BCUT2D eigenvalue weighted by Gasteiger charge is 2.35. The molecule has 0 aliphatic heterocycles. The van der Waals surface area contributed by atoms with Gasteiger partial charge in [0.15, 0.2) is 0 Å². The molecule has 1 rings (SSSR count). The fourth-order valence-corrected chi connectivity index (χ4v) is 1.59. The molecule has 1 aliphatic rings. The Morgan fingerprint density at radius 1 is 1.64 bits per heavy atom. The lowest BCUT2D eigenvalue weighted by Gasteiger charge is -2.38. The van der Waals surface area contributed by atoms with Crippen molar-refractivity contribution in [2.24, 2.45) is 5.92 Å². The highest BCUT2D eigenvalue weighted by Crippen LogP contribution is 2.38. The number of aliphatic hydroxyl groups is 1. The first-order valence-electron chi connectivity index (χ1n) is 4.33. The van der Waals surface area contributed by atoms with Gasteiger partial charge in [-0.05, 0) is 32.1 Å². The van der Waals surface area contributed by atoms with Crippen LogP contribution in [-0.4, -0.2) is 17.0 Å². The summed E-state index contributed by atoms with van der Waals surface area (Å²) in [5.74, 6) is 0.447. The first-order chi connectivity index (χ1) is 5.17. The van der Waals surface area contributed by atoms with Gasteiger partial charge in [-0.3, -0.25) is 0 Å². The van der Waals surface area contributed by atoms with E-state index in [1.54, 1.807) is 0 Å². The topological polar surface area (TPSA) is 37.3 Å². The lowest BCUT2D eigenvalue weighted by atomic mass is 9.72. The van der Waals surface area contributed by atoms with Gasteiger partial charge >= 0.3 is 0 Å². The average molecular weight is 156 g/mol. The van der Waals surface area contributed by atoms with Crippen LogP contribution in [0.2, 0.25) is 0 Å². The molecule has 0 aromatic heterocycles. The number of hydrogen-bond donors (Lipinski definition) is 1. The summed E-state index contributed by atoms with van der Waals surface area (Å²) >= 11 is 0. The zero-order chi connectivity index (χ0) is 8.32. The van der Waals surface area contributed by atoms with E-state index >= 15 is 0 Å². The Morgan fingerprint density at radius 3 is 2.64 bits per heavy atom. The second kappa shape index (κ2) is 3.35. The molecule has 0 spiro atoms. The quantitative estimate of drug-likeness (QED) is 0.626. The highest BCUT2D eigenvalue weighted by molar-refractivity contribution is 5.49. The largest absolute Gasteiger partial charge is 0.390 e. The zero-order valence-electron chi connectivity index (χ0n) is 7.05. The highest BCUT2D eigenvalue weighted by atomic mass is 16.3. The van der Waals surface area contributed by atoms with Crippen LogP contribution in [0.3, 0.4) is 0 Å². The van der Waals surface area contributed by atoms with Crippen molar-refractivity contribution in [2.45, 2.75) is 44.6 Å². The van der Waals surface area contributed by atoms with Gasteiger partial charge in [-0.1, -0.05) is 6.42 Å². The predicted octanol–water partition coefficient (Wildman–Crippen LogP) is 1.52. The van der Waals surface area contributed by atoms with Crippen LogP contribution in [0, 0.1) is 5.92 Å². The molecular formula is C9H16O2. The number of aldehydes is 1. The van der Waals surface area contributed by atoms with Crippen LogP contribution in [0.5, 0.6) is 0 Å². The molecule has 1 aliphatic carbocycles. The smallest absolute Gasteiger partial charge is 0.120 e. The summed E-state index contributed by atoms with van der Waals surface area (Å²) in [6, 6.07) is 0. The normalized spacial score (nSPS) is 23.8. The number of rotatable bonds is 4. The molecule has 0 radical (unpaired) electrons. The second-order valence-corrected chi connectivity index (χ2v) is 3.69. The summed E-state index contributed by atoms with van der Waals surface area (Å²) in [5, 5.41) is 9.81. The van der Waals surface area contributed by atoms with Gasteiger partial charge in [0.2, 0.25) is 0 Å². The zero-order valence-corrected chi connectivity index (χ0v) is 7.05. The predicted molar refractivity (Wildman–Crippen MR) is 43.3 cm³/mol. The Labute approximate surface area is 67.6 Å². The lowest BCUT2D eigenvalue weighted by Crippen LogP contribution is -2.38. The van der Waals surface area contributed by atoms with E-state index in [2.05, 4.69) is 0 Å². The van der Waals surface area contributed by atoms with Crippen molar-refractivity contribution in [1.82, 2.24) is 0 Å². The minimum atomic E-state index is -0.584. The monoisotopic (exact) mass is 156 g/mol. The average Bonchev–Trinajstić information content (AvgIpc) is 1.78. The summed E-state index contributed by atoms with van der Waals surface area (Å²) in [6.45, 7) is 1.85. The number of carbonyl (C=O) groups excluding carboxylic acids is 1. The van der Waals surface area contributed by atoms with E-state index in [1.165, 1.54) is 6.42 Å². The van der Waals surface area contributed by atoms with Gasteiger partial charge in [-0.25, -0.2) is 0 Å². The summed E-state index contributed by atoms with van der Waals surface area (Å²) in [7, 11) is 0. The second-order valence-electron chi connectivity index (χ2n) is 3.69. The van der Waals surface area contributed by atoms with Gasteiger partial charge in [-0.15, -0.1) is 0 Å². The fraction of sp³-hybridized carbons (Fsp3) is 0.889. The van der Waals surface area contributed by atoms with Crippen molar-refractivity contribution in [2.75, 3.05) is 0 Å². The third-order valence-corrected chi connectivity index (χ3v) is 2.75. The van der Waals surface area contributed by atoms with Crippen molar-refractivity contribution in [3.63, 3.8) is 0 Å². The van der Waals surface area contributed by atoms with Crippen LogP contribution in [-0.2, 0) is 4.79 Å². The van der Waals surface area contributed by atoms with E-state index in [4.69, 9.17) is 0 Å². The SMILES string of the molecule is CC(O)(CCC=O)C1CCC1. The molecule has 2 heteroatoms. The Kier molecular flexibility index (Phi) is 2.66. The molecule has 0 saturated heterocycles. The maximum absolute atomic E-state index is 10.1. The molecule has 0 amide bonds. The summed E-state index contributed by atoms with van der Waals surface area (Å²) in [6.07, 6.45) is 5.50. The van der Waals surface area contributed by atoms with E-state index < -0.39 is 5.60 Å². The molecule has 1 N–H and O–H groups in total. The molecule has 1 atom stereocenters. The summed E-state index contributed by atoms with van der Waals surface area (Å²) < 4.78 is 0. The molecule has 1 saturated carbocycles. The van der Waals surface area contributed by atoms with Crippen LogP contribution in [0.15, 0.2) is 0 Å². The van der Waals surface area contributed by atoms with Gasteiger partial charge < -0.3 is 9.90 Å². The van der Waals surface area contributed by atoms with Crippen LogP contribution < -0.4 is 0 Å². The van der Waals surface area contributed by atoms with Gasteiger partial charge in [0.05, 0.1) is 5.60 Å². The molecule has 0 aromatic carbocycles. The number of carbonyl (C=O) groups is 1. The standard InChI is InChI=1S/C9H16O2/c1-9(11,6-3-7-10)8-4-2-5-8/h7-8,11H,2-6H2,1H3. The molecular weight excluding hydrogens is 140 g/mol. The Balaban J connectivity index is 2.30. The molecule has 2 nitrogen and oxygen atoms in total. The third kappa shape index (κ3) is 2.03. The molecule has 11 heavy (non-hydrogen) atoms. The van der Waals surface area contributed by atoms with Crippen molar-refractivity contribution in [3.8, 4) is 0 Å². The number of hydrogen-bond acceptors (Lipinski definition) is 2. The van der Waals surface area contributed by atoms with Gasteiger partial charge in [0, 0.05) is 6.42 Å². The Bertz CT molecular complexity index is 136. The Morgan fingerprint density at radius 2 is 2.27 bits per heavy atom. The minimum absolute atomic E-state index is 0.447. The van der Waals surface area contributed by atoms with Crippen LogP contribution in [0.4, 0.5) is 0 Å².